The molecule has 3 heteroatoms. The Morgan fingerprint density at radius 2 is 2.09 bits per heavy atom. The summed E-state index contributed by atoms with van der Waals surface area (Å²) in [5, 5.41) is 1.39. The van der Waals surface area contributed by atoms with E-state index in [1.54, 1.807) is 0 Å². The topological polar surface area (TPSA) is 36.1 Å². The van der Waals surface area contributed by atoms with Gasteiger partial charge in [0.2, 0.25) is 0 Å². The van der Waals surface area contributed by atoms with Gasteiger partial charge < -0.3 is 4.98 Å². The summed E-state index contributed by atoms with van der Waals surface area (Å²) in [4.78, 5) is 18.4. The zero-order chi connectivity index (χ0) is 15.6. The van der Waals surface area contributed by atoms with Crippen molar-refractivity contribution in [2.75, 3.05) is 13.1 Å². The molecule has 0 radical (unpaired) electrons. The van der Waals surface area contributed by atoms with E-state index in [9.17, 15) is 4.79 Å². The van der Waals surface area contributed by atoms with Crippen molar-refractivity contribution < 1.29 is 4.79 Å². The highest BCUT2D eigenvalue weighted by Gasteiger charge is 2.49. The fraction of sp³-hybridized carbons (Fsp3) is 0.550. The van der Waals surface area contributed by atoms with Crippen molar-refractivity contribution in [3.8, 4) is 0 Å². The van der Waals surface area contributed by atoms with Gasteiger partial charge >= 0.3 is 0 Å². The summed E-state index contributed by atoms with van der Waals surface area (Å²) in [5.41, 5.74) is 4.27. The highest BCUT2D eigenvalue weighted by molar-refractivity contribution is 5.85. The highest BCUT2D eigenvalue weighted by atomic mass is 16.1. The zero-order valence-corrected chi connectivity index (χ0v) is 13.8. The van der Waals surface area contributed by atoms with Gasteiger partial charge in [-0.1, -0.05) is 18.2 Å². The number of Topliss-reactive ketones (excluding diaryl/α,β-unsaturated/α-hetero) is 1. The molecule has 2 fully saturated rings. The van der Waals surface area contributed by atoms with E-state index in [0.29, 0.717) is 11.7 Å². The number of nitrogens with zero attached hydrogens (tertiary/aromatic N) is 1. The van der Waals surface area contributed by atoms with Crippen LogP contribution in [0.2, 0.25) is 0 Å². The van der Waals surface area contributed by atoms with Crippen LogP contribution in [0.5, 0.6) is 0 Å². The van der Waals surface area contributed by atoms with Crippen molar-refractivity contribution in [2.24, 2.45) is 11.8 Å². The number of para-hydroxylation sites is 1. The summed E-state index contributed by atoms with van der Waals surface area (Å²) in [5.74, 6) is 1.79. The molecule has 0 spiro atoms. The average molecular weight is 308 g/mol. The molecule has 1 saturated carbocycles. The van der Waals surface area contributed by atoms with E-state index >= 15 is 0 Å². The summed E-state index contributed by atoms with van der Waals surface area (Å²) in [6.45, 7) is 4.72. The van der Waals surface area contributed by atoms with Crippen molar-refractivity contribution in [1.82, 2.24) is 9.88 Å². The van der Waals surface area contributed by atoms with Gasteiger partial charge in [0.25, 0.3) is 0 Å². The van der Waals surface area contributed by atoms with Crippen LogP contribution in [-0.4, -0.2) is 28.8 Å². The van der Waals surface area contributed by atoms with Gasteiger partial charge in [-0.2, -0.15) is 0 Å². The van der Waals surface area contributed by atoms with E-state index in [2.05, 4.69) is 41.1 Å². The van der Waals surface area contributed by atoms with Crippen molar-refractivity contribution in [2.45, 2.75) is 44.6 Å². The number of hydrogen-bond donors (Lipinski definition) is 1. The number of H-pyrrole nitrogens is 1. The van der Waals surface area contributed by atoms with E-state index in [4.69, 9.17) is 0 Å². The molecule has 2 aromatic rings. The number of rotatable bonds is 0. The zero-order valence-electron chi connectivity index (χ0n) is 13.8. The Morgan fingerprint density at radius 3 is 3.00 bits per heavy atom. The predicted octanol–water partition coefficient (Wildman–Crippen LogP) is 3.63. The number of ketones is 1. The van der Waals surface area contributed by atoms with Gasteiger partial charge in [0.05, 0.1) is 5.54 Å². The molecule has 3 nitrogen and oxygen atoms in total. The third-order valence-electron chi connectivity index (χ3n) is 6.75. The maximum Gasteiger partial charge on any atom is 0.133 e. The Balaban J connectivity index is 1.60. The molecule has 2 aliphatic heterocycles. The molecule has 1 N–H and O–H groups in total. The van der Waals surface area contributed by atoms with Gasteiger partial charge in [0.1, 0.15) is 5.78 Å². The van der Waals surface area contributed by atoms with E-state index in [1.165, 1.54) is 28.7 Å². The lowest BCUT2D eigenvalue weighted by atomic mass is 9.66. The monoisotopic (exact) mass is 308 g/mol. The second-order valence-corrected chi connectivity index (χ2v) is 8.00. The van der Waals surface area contributed by atoms with Crippen LogP contribution in [0.15, 0.2) is 24.3 Å². The van der Waals surface area contributed by atoms with E-state index in [1.807, 2.05) is 0 Å². The van der Waals surface area contributed by atoms with E-state index < -0.39 is 0 Å². The second-order valence-electron chi connectivity index (χ2n) is 8.00. The molecular weight excluding hydrogens is 284 g/mol. The number of carbonyl (C=O) groups is 1. The largest absolute Gasteiger partial charge is 0.357 e. The van der Waals surface area contributed by atoms with Crippen LogP contribution >= 0.6 is 0 Å². The molecule has 2 unspecified atom stereocenters. The molecule has 120 valence electrons. The molecule has 1 aliphatic carbocycles. The fourth-order valence-electron chi connectivity index (χ4n) is 5.51. The van der Waals surface area contributed by atoms with Gasteiger partial charge in [-0.3, -0.25) is 9.69 Å². The maximum atomic E-state index is 11.9. The SMILES string of the molecule is C[C@@]12CC3CC(=O)CCC3CN1CCc1c2[nH]c2ccccc12. The summed E-state index contributed by atoms with van der Waals surface area (Å²) in [6.07, 6.45) is 5.00. The van der Waals surface area contributed by atoms with Crippen molar-refractivity contribution >= 4 is 16.7 Å². The summed E-state index contributed by atoms with van der Waals surface area (Å²) in [6, 6.07) is 8.69. The Morgan fingerprint density at radius 1 is 1.22 bits per heavy atom. The number of piperidine rings is 1. The summed E-state index contributed by atoms with van der Waals surface area (Å²) in [7, 11) is 0. The van der Waals surface area contributed by atoms with Gasteiger partial charge in [-0.05, 0) is 49.7 Å². The molecule has 0 amide bonds. The minimum atomic E-state index is 0.0748. The van der Waals surface area contributed by atoms with Gasteiger partial charge in [0.15, 0.2) is 0 Å². The minimum Gasteiger partial charge on any atom is -0.357 e. The number of hydrogen-bond acceptors (Lipinski definition) is 2. The van der Waals surface area contributed by atoms with Crippen LogP contribution in [0.1, 0.15) is 43.9 Å². The van der Waals surface area contributed by atoms with Crippen LogP contribution in [0.3, 0.4) is 0 Å². The fourth-order valence-corrected chi connectivity index (χ4v) is 5.51. The van der Waals surface area contributed by atoms with Gasteiger partial charge in [0, 0.05) is 42.5 Å². The first-order chi connectivity index (χ1) is 11.1. The lowest BCUT2D eigenvalue weighted by Crippen LogP contribution is -2.57. The van der Waals surface area contributed by atoms with E-state index in [0.717, 1.165) is 44.6 Å². The van der Waals surface area contributed by atoms with E-state index in [-0.39, 0.29) is 5.54 Å². The molecule has 1 saturated heterocycles. The van der Waals surface area contributed by atoms with Crippen molar-refractivity contribution in [1.29, 1.82) is 0 Å². The minimum absolute atomic E-state index is 0.0748. The first-order valence-electron chi connectivity index (χ1n) is 9.02. The third kappa shape index (κ3) is 1.89. The summed E-state index contributed by atoms with van der Waals surface area (Å²) < 4.78 is 0. The average Bonchev–Trinajstić information content (AvgIpc) is 2.93. The smallest absolute Gasteiger partial charge is 0.133 e. The number of fused-ring (bicyclic) bond motifs is 6. The second kappa shape index (κ2) is 4.70. The molecule has 5 rings (SSSR count). The summed E-state index contributed by atoms with van der Waals surface area (Å²) >= 11 is 0. The highest BCUT2D eigenvalue weighted by Crippen LogP contribution is 2.49. The Kier molecular flexibility index (Phi) is 2.82. The number of benzene rings is 1. The Labute approximate surface area is 137 Å². The van der Waals surface area contributed by atoms with Crippen LogP contribution in [0.4, 0.5) is 0 Å². The quantitative estimate of drug-likeness (QED) is 0.807. The first kappa shape index (κ1) is 13.8. The molecule has 0 bridgehead atoms. The molecule has 23 heavy (non-hydrogen) atoms. The molecule has 3 heterocycles. The predicted molar refractivity (Wildman–Crippen MR) is 91.4 cm³/mol. The number of aromatic amines is 1. The molecule has 1 aromatic carbocycles. The molecular formula is C20H24N2O. The normalized spacial score (nSPS) is 34.0. The number of nitrogens with one attached hydrogen (secondary N) is 1. The number of carbonyl (C=O) groups excluding carboxylic acids is 1. The molecule has 1 aromatic heterocycles. The lowest BCUT2D eigenvalue weighted by molar-refractivity contribution is -0.126. The standard InChI is InChI=1S/C20H24N2O/c1-20-11-14-10-15(23)7-6-13(14)12-22(20)9-8-17-16-4-2-3-5-18(16)21-19(17)20/h2-5,13-14,21H,6-12H2,1H3/t13?,14?,20-/m0/s1. The van der Waals surface area contributed by atoms with Crippen LogP contribution in [-0.2, 0) is 16.8 Å². The first-order valence-corrected chi connectivity index (χ1v) is 9.02. The van der Waals surface area contributed by atoms with Crippen LogP contribution in [0.25, 0.3) is 10.9 Å². The maximum absolute atomic E-state index is 11.9. The Hall–Kier alpha value is -1.61. The molecule has 3 atom stereocenters. The van der Waals surface area contributed by atoms with Crippen molar-refractivity contribution in [3.05, 3.63) is 35.5 Å². The van der Waals surface area contributed by atoms with Crippen LogP contribution in [0, 0.1) is 11.8 Å². The van der Waals surface area contributed by atoms with Crippen LogP contribution < -0.4 is 0 Å². The number of aromatic nitrogens is 1. The lowest BCUT2D eigenvalue weighted by Gasteiger charge is -2.54. The molecule has 3 aliphatic rings. The van der Waals surface area contributed by atoms with Crippen molar-refractivity contribution in [3.63, 3.8) is 0 Å². The third-order valence-corrected chi connectivity index (χ3v) is 6.75. The van der Waals surface area contributed by atoms with Gasteiger partial charge in [-0.15, -0.1) is 0 Å². The van der Waals surface area contributed by atoms with Gasteiger partial charge in [-0.25, -0.2) is 0 Å². The Bertz CT molecular complexity index is 792.